The first-order chi connectivity index (χ1) is 25.5. The highest BCUT2D eigenvalue weighted by atomic mass is 35.5. The van der Waals surface area contributed by atoms with Crippen LogP contribution >= 0.6 is 34.7 Å². The van der Waals surface area contributed by atoms with Gasteiger partial charge in [-0.2, -0.15) is 0 Å². The number of nitrogens with two attached hydrogens (primary N) is 1. The number of hydrogen-bond donors (Lipinski definition) is 6. The summed E-state index contributed by atoms with van der Waals surface area (Å²) in [7, 11) is 0. The van der Waals surface area contributed by atoms with Crippen LogP contribution in [-0.4, -0.2) is 142 Å². The number of rotatable bonds is 13. The molecule has 5 aliphatic heterocycles. The van der Waals surface area contributed by atoms with Gasteiger partial charge in [0.2, 0.25) is 12.0 Å². The number of carboxylic acids is 3. The minimum Gasteiger partial charge on any atom is -0.504 e. The molecule has 5 aliphatic rings. The average Bonchev–Trinajstić information content (AvgIpc) is 3.36. The van der Waals surface area contributed by atoms with Crippen LogP contribution in [0.5, 0.6) is 11.5 Å². The summed E-state index contributed by atoms with van der Waals surface area (Å²) in [5.74, 6) is -8.16. The Balaban J connectivity index is 1.20. The maximum absolute atomic E-state index is 13.7. The molecule has 2 aromatic rings. The van der Waals surface area contributed by atoms with Gasteiger partial charge in [0.05, 0.1) is 54.5 Å². The highest BCUT2D eigenvalue weighted by Crippen LogP contribution is 2.49. The van der Waals surface area contributed by atoms with Crippen molar-refractivity contribution in [2.75, 3.05) is 38.5 Å². The van der Waals surface area contributed by atoms with Crippen molar-refractivity contribution >= 4 is 81.0 Å². The van der Waals surface area contributed by atoms with Crippen molar-refractivity contribution in [1.82, 2.24) is 14.8 Å². The Morgan fingerprint density at radius 3 is 2.44 bits per heavy atom. The molecule has 18 nitrogen and oxygen atoms in total. The highest BCUT2D eigenvalue weighted by Gasteiger charge is 2.57. The van der Waals surface area contributed by atoms with Gasteiger partial charge in [-0.25, -0.2) is 14.6 Å². The summed E-state index contributed by atoms with van der Waals surface area (Å²) in [6, 6.07) is 2.45. The number of aromatic nitrogens is 1. The van der Waals surface area contributed by atoms with Crippen LogP contribution in [0.4, 0.5) is 5.13 Å². The number of benzene rings is 1. The molecular formula is C33H36ClN6O12S2+. The molecule has 54 heavy (non-hydrogen) atoms. The molecule has 0 saturated carbocycles. The number of amides is 2. The molecule has 1 aromatic heterocycles. The number of nitrogens with zero attached hydrogens (tertiary/aromatic N) is 5. The summed E-state index contributed by atoms with van der Waals surface area (Å²) in [5, 5.41) is 52.5. The van der Waals surface area contributed by atoms with Crippen LogP contribution in [0.25, 0.3) is 0 Å². The Labute approximate surface area is 320 Å². The number of nitrogen functional groups attached to an aromatic ring is 1. The Morgan fingerprint density at radius 2 is 1.83 bits per heavy atom. The van der Waals surface area contributed by atoms with Crippen LogP contribution in [-0.2, 0) is 28.8 Å². The number of aromatic hydroxyl groups is 2. The fraction of sp³-hybridized carbons (Fsp3) is 0.455. The second kappa shape index (κ2) is 15.1. The lowest BCUT2D eigenvalue weighted by Crippen LogP contribution is -2.64. The molecule has 288 valence electrons. The number of oxime groups is 1. The molecule has 7 N–H and O–H groups in total. The van der Waals surface area contributed by atoms with Crippen LogP contribution in [0.1, 0.15) is 48.7 Å². The number of aliphatic carboxylic acids is 3. The third-order valence-corrected chi connectivity index (χ3v) is 12.9. The van der Waals surface area contributed by atoms with Gasteiger partial charge in [-0.3, -0.25) is 24.1 Å². The fourth-order valence-electron chi connectivity index (χ4n) is 7.45. The van der Waals surface area contributed by atoms with Gasteiger partial charge in [0, 0.05) is 41.5 Å². The van der Waals surface area contributed by atoms with Gasteiger partial charge in [0.15, 0.2) is 28.1 Å². The van der Waals surface area contributed by atoms with Crippen molar-refractivity contribution in [3.8, 4) is 11.5 Å². The number of hydrogen-bond acceptors (Lipinski definition) is 14. The Morgan fingerprint density at radius 1 is 1.13 bits per heavy atom. The molecule has 0 radical (unpaired) electrons. The Bertz CT molecular complexity index is 2000. The number of quaternary nitrogens is 1. The number of carboxylic acid groups (broad SMARTS) is 3. The van der Waals surface area contributed by atoms with E-state index in [2.05, 4.69) is 10.1 Å². The molecule has 6 heterocycles. The van der Waals surface area contributed by atoms with E-state index in [0.717, 1.165) is 11.3 Å². The average molecular weight is 808 g/mol. The number of fused-ring (bicyclic) bond motifs is 5. The molecule has 7 rings (SSSR count). The standard InChI is InChI=1S/C33H35ClN6O12S2/c1-14-18(12-40-7-4-15(5-8-40)38(6-9-40)28(46)16-2-3-20(41)27(45)24(16)34)26(32(50)51)39-29(47)17(30(39)54-14)10-21(42)25(19-13-53-33(35)36-19)37-52-22(31(48)49)11-23(43)44/h2-3,13-15,17,22,30H,4-12H2,1H3,(H6-,35,36,37,41,42,43,44,45,46,48,49,50,51)/p+1/t14-,15?,17+,22-,30+,40?/m0/s1. The van der Waals surface area contributed by atoms with Gasteiger partial charge in [-0.15, -0.1) is 23.1 Å². The molecule has 2 amide bonds. The van der Waals surface area contributed by atoms with E-state index in [1.807, 2.05) is 6.92 Å². The van der Waals surface area contributed by atoms with Crippen LogP contribution < -0.4 is 5.73 Å². The van der Waals surface area contributed by atoms with Gasteiger partial charge < -0.3 is 45.5 Å². The van der Waals surface area contributed by atoms with Crippen LogP contribution in [0.15, 0.2) is 33.9 Å². The lowest BCUT2D eigenvalue weighted by molar-refractivity contribution is -0.925. The van der Waals surface area contributed by atoms with Crippen molar-refractivity contribution < 1.29 is 63.6 Å². The van der Waals surface area contributed by atoms with Gasteiger partial charge in [-0.1, -0.05) is 16.8 Å². The van der Waals surface area contributed by atoms with Crippen molar-refractivity contribution in [1.29, 1.82) is 0 Å². The monoisotopic (exact) mass is 807 g/mol. The van der Waals surface area contributed by atoms with E-state index in [-0.39, 0.29) is 44.3 Å². The van der Waals surface area contributed by atoms with Gasteiger partial charge in [0.25, 0.3) is 5.91 Å². The number of anilines is 1. The van der Waals surface area contributed by atoms with Gasteiger partial charge in [0.1, 0.15) is 17.9 Å². The third kappa shape index (κ3) is 7.29. The SMILES string of the molecule is C[C@@H]1S[C@@H]2[C@H](CC(=O)/C(=N\O[C@@H](CC(=O)O)C(=O)O)c3csc(N)n3)C(=O)N2C(C(=O)O)=C1C[N+]12CCC(CC1)N(C(=O)c1ccc(O)c(O)c1Cl)CC2. The van der Waals surface area contributed by atoms with Crippen molar-refractivity contribution in [3.05, 3.63) is 45.1 Å². The van der Waals surface area contributed by atoms with Crippen LogP contribution in [0.2, 0.25) is 5.02 Å². The van der Waals surface area contributed by atoms with E-state index >= 15 is 0 Å². The largest absolute Gasteiger partial charge is 0.504 e. The number of phenols is 2. The minimum absolute atomic E-state index is 0.0542. The molecule has 21 heteroatoms. The molecule has 4 atom stereocenters. The number of halogens is 1. The maximum Gasteiger partial charge on any atom is 0.352 e. The predicted molar refractivity (Wildman–Crippen MR) is 192 cm³/mol. The summed E-state index contributed by atoms with van der Waals surface area (Å²) in [4.78, 5) is 88.3. The molecule has 0 unspecified atom stereocenters. The number of ketones is 1. The smallest absolute Gasteiger partial charge is 0.352 e. The zero-order chi connectivity index (χ0) is 39.2. The number of Topliss-reactive ketones (excluding diaryl/α,β-unsaturated/α-hetero) is 1. The number of thioether (sulfide) groups is 1. The molecule has 4 saturated heterocycles. The normalized spacial score (nSPS) is 25.7. The van der Waals surface area contributed by atoms with Crippen molar-refractivity contribution in [2.24, 2.45) is 11.1 Å². The number of thiazole rings is 1. The molecule has 1 aromatic carbocycles. The van der Waals surface area contributed by atoms with Gasteiger partial charge >= 0.3 is 17.9 Å². The number of β-lactam (4-membered cyclic amide) rings is 1. The summed E-state index contributed by atoms with van der Waals surface area (Å²) in [6.45, 7) is 4.26. The Hall–Kier alpha value is -4.92. The number of piperidine rings is 1. The maximum atomic E-state index is 13.7. The van der Waals surface area contributed by atoms with E-state index in [1.54, 1.807) is 4.90 Å². The lowest BCUT2D eigenvalue weighted by atomic mass is 9.88. The summed E-state index contributed by atoms with van der Waals surface area (Å²) < 4.78 is 0.482. The van der Waals surface area contributed by atoms with Crippen LogP contribution in [0, 0.1) is 5.92 Å². The highest BCUT2D eigenvalue weighted by molar-refractivity contribution is 8.00. The summed E-state index contributed by atoms with van der Waals surface area (Å²) in [6.07, 6.45) is -2.07. The first kappa shape index (κ1) is 38.8. The number of phenolic OH excluding ortho intramolecular Hbond substituents is 2. The molecular weight excluding hydrogens is 772 g/mol. The molecule has 0 spiro atoms. The predicted octanol–water partition coefficient (Wildman–Crippen LogP) is 1.79. The molecule has 2 bridgehead atoms. The second-order valence-electron chi connectivity index (χ2n) is 13.5. The van der Waals surface area contributed by atoms with E-state index in [9.17, 15) is 49.2 Å². The first-order valence-corrected chi connectivity index (χ1v) is 19.0. The third-order valence-electron chi connectivity index (χ3n) is 10.3. The fourth-order valence-corrected chi connectivity index (χ4v) is 9.74. The van der Waals surface area contributed by atoms with Crippen LogP contribution in [0.3, 0.4) is 0 Å². The summed E-state index contributed by atoms with van der Waals surface area (Å²) >= 11 is 8.51. The van der Waals surface area contributed by atoms with Crippen molar-refractivity contribution in [3.63, 3.8) is 0 Å². The topological polar surface area (TPSA) is 271 Å². The lowest BCUT2D eigenvalue weighted by Gasteiger charge is -2.52. The number of carbonyl (C=O) groups is 6. The quantitative estimate of drug-likeness (QED) is 0.0554. The molecule has 0 aliphatic carbocycles. The van der Waals surface area contributed by atoms with Crippen molar-refractivity contribution in [2.45, 2.75) is 55.4 Å². The summed E-state index contributed by atoms with van der Waals surface area (Å²) in [5.41, 5.74) is 5.66. The zero-order valence-electron chi connectivity index (χ0n) is 28.6. The number of carbonyl (C=O) groups excluding carboxylic acids is 3. The Kier molecular flexibility index (Phi) is 10.8. The first-order valence-electron chi connectivity index (χ1n) is 16.8. The second-order valence-corrected chi connectivity index (χ2v) is 16.3. The zero-order valence-corrected chi connectivity index (χ0v) is 31.0. The van der Waals surface area contributed by atoms with E-state index in [0.29, 0.717) is 55.6 Å². The minimum atomic E-state index is -1.92. The van der Waals surface area contributed by atoms with Gasteiger partial charge in [-0.05, 0) is 19.1 Å². The molecule has 4 fully saturated rings. The van der Waals surface area contributed by atoms with E-state index < -0.39 is 77.0 Å². The van der Waals surface area contributed by atoms with E-state index in [4.69, 9.17) is 27.3 Å². The van der Waals surface area contributed by atoms with E-state index in [1.165, 1.54) is 34.2 Å².